The minimum absolute atomic E-state index is 0.00826. The zero-order chi connectivity index (χ0) is 21.3. The van der Waals surface area contributed by atoms with Crippen LogP contribution in [0, 0.1) is 29.1 Å². The smallest absolute Gasteiger partial charge is 0.250 e. The quantitative estimate of drug-likeness (QED) is 0.260. The first-order chi connectivity index (χ1) is 14.5. The molecule has 0 atom stereocenters. The molecule has 2 aliphatic rings. The van der Waals surface area contributed by atoms with Gasteiger partial charge in [-0.2, -0.15) is 20.1 Å². The molecular formula is C18H18F5N7. The number of anilines is 3. The summed E-state index contributed by atoms with van der Waals surface area (Å²) in [4.78, 5) is 17.0. The number of nitrogens with zero attached hydrogens (tertiary/aromatic N) is 6. The van der Waals surface area contributed by atoms with Gasteiger partial charge in [-0.15, -0.1) is 0 Å². The minimum atomic E-state index is -2.22. The highest BCUT2D eigenvalue weighted by Crippen LogP contribution is 2.24. The summed E-state index contributed by atoms with van der Waals surface area (Å²) in [7, 11) is 0. The summed E-state index contributed by atoms with van der Waals surface area (Å²) in [6, 6.07) is 0. The fourth-order valence-corrected chi connectivity index (χ4v) is 3.41. The molecule has 1 aromatic carbocycles. The van der Waals surface area contributed by atoms with E-state index in [9.17, 15) is 22.0 Å². The van der Waals surface area contributed by atoms with Gasteiger partial charge >= 0.3 is 0 Å². The van der Waals surface area contributed by atoms with Gasteiger partial charge < -0.3 is 9.80 Å². The van der Waals surface area contributed by atoms with Crippen molar-refractivity contribution in [1.82, 2.24) is 15.0 Å². The van der Waals surface area contributed by atoms with E-state index >= 15 is 0 Å². The number of hydrazone groups is 1. The second kappa shape index (κ2) is 8.36. The van der Waals surface area contributed by atoms with Crippen LogP contribution in [-0.4, -0.2) is 47.3 Å². The molecule has 1 N–H and O–H groups in total. The minimum Gasteiger partial charge on any atom is -0.341 e. The number of hydrogen-bond donors (Lipinski definition) is 1. The van der Waals surface area contributed by atoms with E-state index in [-0.39, 0.29) is 5.95 Å². The molecular weight excluding hydrogens is 409 g/mol. The normalized spacial score (nSPS) is 16.8. The summed E-state index contributed by atoms with van der Waals surface area (Å²) in [5.41, 5.74) is 1.25. The monoisotopic (exact) mass is 427 g/mol. The number of aromatic nitrogens is 3. The zero-order valence-electron chi connectivity index (χ0n) is 15.8. The standard InChI is InChI=1S/C18H18F5N7/c19-11-10(12(20)14(22)15(23)13(11)21)9-24-28-16-25-17(29-5-1-2-6-29)27-18(26-16)30-7-3-4-8-30/h9H,1-8H2,(H,25,26,27,28). The molecule has 0 unspecified atom stereocenters. The highest BCUT2D eigenvalue weighted by molar-refractivity contribution is 5.81. The van der Waals surface area contributed by atoms with Crippen LogP contribution in [0.4, 0.5) is 39.8 Å². The van der Waals surface area contributed by atoms with E-state index in [0.717, 1.165) is 51.9 Å². The van der Waals surface area contributed by atoms with Crippen molar-refractivity contribution in [3.63, 3.8) is 0 Å². The highest BCUT2D eigenvalue weighted by Gasteiger charge is 2.25. The summed E-state index contributed by atoms with van der Waals surface area (Å²) >= 11 is 0. The van der Waals surface area contributed by atoms with Crippen molar-refractivity contribution in [2.45, 2.75) is 25.7 Å². The lowest BCUT2D eigenvalue weighted by Crippen LogP contribution is -2.25. The Kier molecular flexibility index (Phi) is 5.64. The maximum atomic E-state index is 13.8. The Hall–Kier alpha value is -3.05. The molecule has 0 radical (unpaired) electrons. The van der Waals surface area contributed by atoms with Crippen molar-refractivity contribution in [1.29, 1.82) is 0 Å². The first-order valence-electron chi connectivity index (χ1n) is 9.52. The third-order valence-electron chi connectivity index (χ3n) is 4.99. The van der Waals surface area contributed by atoms with Gasteiger partial charge in [0.1, 0.15) is 0 Å². The second-order valence-corrected chi connectivity index (χ2v) is 7.00. The van der Waals surface area contributed by atoms with Gasteiger partial charge in [-0.3, -0.25) is 0 Å². The molecule has 160 valence electrons. The molecule has 12 heteroatoms. The highest BCUT2D eigenvalue weighted by atomic mass is 19.2. The zero-order valence-corrected chi connectivity index (χ0v) is 15.8. The van der Waals surface area contributed by atoms with Gasteiger partial charge in [0.25, 0.3) is 0 Å². The van der Waals surface area contributed by atoms with Crippen LogP contribution in [-0.2, 0) is 0 Å². The first-order valence-corrected chi connectivity index (χ1v) is 9.52. The van der Waals surface area contributed by atoms with E-state index in [4.69, 9.17) is 0 Å². The Labute approximate surface area is 168 Å². The van der Waals surface area contributed by atoms with Gasteiger partial charge in [0, 0.05) is 26.2 Å². The van der Waals surface area contributed by atoms with Crippen LogP contribution < -0.4 is 15.2 Å². The molecule has 3 heterocycles. The molecule has 0 amide bonds. The van der Waals surface area contributed by atoms with E-state index in [0.29, 0.717) is 18.1 Å². The van der Waals surface area contributed by atoms with Gasteiger partial charge in [0.05, 0.1) is 11.8 Å². The van der Waals surface area contributed by atoms with Crippen molar-refractivity contribution in [3.8, 4) is 0 Å². The van der Waals surface area contributed by atoms with Crippen molar-refractivity contribution >= 4 is 24.1 Å². The lowest BCUT2D eigenvalue weighted by Gasteiger charge is -2.20. The van der Waals surface area contributed by atoms with Crippen LogP contribution in [0.3, 0.4) is 0 Å². The predicted molar refractivity (Wildman–Crippen MR) is 100 cm³/mol. The lowest BCUT2D eigenvalue weighted by atomic mass is 10.2. The molecule has 30 heavy (non-hydrogen) atoms. The Morgan fingerprint density at radius 3 is 1.57 bits per heavy atom. The van der Waals surface area contributed by atoms with E-state index in [2.05, 4.69) is 25.5 Å². The number of benzene rings is 1. The summed E-state index contributed by atoms with van der Waals surface area (Å²) in [5.74, 6) is -9.35. The van der Waals surface area contributed by atoms with E-state index in [1.54, 1.807) is 0 Å². The molecule has 4 rings (SSSR count). The Balaban J connectivity index is 1.61. The van der Waals surface area contributed by atoms with Crippen LogP contribution in [0.2, 0.25) is 0 Å². The molecule has 0 spiro atoms. The molecule has 2 fully saturated rings. The Bertz CT molecular complexity index is 909. The fraction of sp³-hybridized carbons (Fsp3) is 0.444. The molecule has 2 aliphatic heterocycles. The topological polar surface area (TPSA) is 69.5 Å². The van der Waals surface area contributed by atoms with Gasteiger partial charge in [-0.25, -0.2) is 27.4 Å². The SMILES string of the molecule is Fc1c(F)c(F)c(C=NNc2nc(N3CCCC3)nc(N3CCCC3)n2)c(F)c1F. The number of nitrogens with one attached hydrogen (secondary N) is 1. The average Bonchev–Trinajstić information content (AvgIpc) is 3.47. The van der Waals surface area contributed by atoms with Crippen LogP contribution in [0.25, 0.3) is 0 Å². The second-order valence-electron chi connectivity index (χ2n) is 7.00. The summed E-state index contributed by atoms with van der Waals surface area (Å²) in [5, 5.41) is 3.58. The Morgan fingerprint density at radius 2 is 1.10 bits per heavy atom. The van der Waals surface area contributed by atoms with E-state index in [1.807, 2.05) is 9.80 Å². The molecule has 7 nitrogen and oxygen atoms in total. The van der Waals surface area contributed by atoms with Crippen molar-refractivity contribution in [3.05, 3.63) is 34.6 Å². The number of halogens is 5. The summed E-state index contributed by atoms with van der Waals surface area (Å²) < 4.78 is 67.3. The number of rotatable bonds is 5. The van der Waals surface area contributed by atoms with Crippen LogP contribution in [0.5, 0.6) is 0 Å². The van der Waals surface area contributed by atoms with E-state index < -0.39 is 34.6 Å². The average molecular weight is 427 g/mol. The van der Waals surface area contributed by atoms with Gasteiger partial charge in [-0.05, 0) is 25.7 Å². The van der Waals surface area contributed by atoms with E-state index in [1.165, 1.54) is 0 Å². The third kappa shape index (κ3) is 3.85. The van der Waals surface area contributed by atoms with Gasteiger partial charge in [0.15, 0.2) is 23.3 Å². The van der Waals surface area contributed by atoms with Gasteiger partial charge in [-0.1, -0.05) is 0 Å². The van der Waals surface area contributed by atoms with Crippen molar-refractivity contribution in [2.75, 3.05) is 41.4 Å². The van der Waals surface area contributed by atoms with Gasteiger partial charge in [0.2, 0.25) is 23.7 Å². The van der Waals surface area contributed by atoms with Crippen LogP contribution in [0.1, 0.15) is 31.2 Å². The number of hydrogen-bond acceptors (Lipinski definition) is 7. The fourth-order valence-electron chi connectivity index (χ4n) is 3.41. The Morgan fingerprint density at radius 1 is 0.667 bits per heavy atom. The maximum Gasteiger partial charge on any atom is 0.250 e. The van der Waals surface area contributed by atoms with Crippen molar-refractivity contribution in [2.24, 2.45) is 5.10 Å². The molecule has 0 bridgehead atoms. The summed E-state index contributed by atoms with van der Waals surface area (Å²) in [6.07, 6.45) is 4.53. The molecule has 2 aromatic rings. The van der Waals surface area contributed by atoms with Crippen LogP contribution >= 0.6 is 0 Å². The molecule has 0 aliphatic carbocycles. The van der Waals surface area contributed by atoms with Crippen molar-refractivity contribution < 1.29 is 22.0 Å². The first kappa shape index (κ1) is 20.2. The maximum absolute atomic E-state index is 13.8. The van der Waals surface area contributed by atoms with Crippen LogP contribution in [0.15, 0.2) is 5.10 Å². The lowest BCUT2D eigenvalue weighted by molar-refractivity contribution is 0.377. The summed E-state index contributed by atoms with van der Waals surface area (Å²) in [6.45, 7) is 3.15. The molecule has 2 saturated heterocycles. The molecule has 0 saturated carbocycles. The third-order valence-corrected chi connectivity index (χ3v) is 4.99. The molecule has 1 aromatic heterocycles. The largest absolute Gasteiger partial charge is 0.341 e. The predicted octanol–water partition coefficient (Wildman–Crippen LogP) is 3.21.